The molecule has 11 heteroatoms. The third-order valence-electron chi connectivity index (χ3n) is 7.64. The summed E-state index contributed by atoms with van der Waals surface area (Å²) in [5.41, 5.74) is -0.206. The molecule has 0 spiro atoms. The Morgan fingerprint density at radius 2 is 2.11 bits per heavy atom. The molecular formula is C26H23ClFN3O6. The van der Waals surface area contributed by atoms with E-state index in [-0.39, 0.29) is 59.1 Å². The molecule has 1 saturated carbocycles. The number of nitrogens with zero attached hydrogens (tertiary/aromatic N) is 2. The zero-order valence-corrected chi connectivity index (χ0v) is 20.6. The maximum absolute atomic E-state index is 15.3. The number of benzene rings is 1. The number of pyridine rings is 2. The van der Waals surface area contributed by atoms with E-state index in [1.165, 1.54) is 10.6 Å². The summed E-state index contributed by atoms with van der Waals surface area (Å²) >= 11 is 6.08. The van der Waals surface area contributed by atoms with Crippen LogP contribution in [0.1, 0.15) is 48.4 Å². The zero-order chi connectivity index (χ0) is 26.2. The number of rotatable bonds is 5. The van der Waals surface area contributed by atoms with Gasteiger partial charge in [0.25, 0.3) is 5.56 Å². The highest BCUT2D eigenvalue weighted by atomic mass is 35.5. The lowest BCUT2D eigenvalue weighted by molar-refractivity contribution is -0.172. The first-order valence-corrected chi connectivity index (χ1v) is 12.5. The molecule has 37 heavy (non-hydrogen) atoms. The van der Waals surface area contributed by atoms with Gasteiger partial charge in [-0.05, 0) is 48.9 Å². The number of aliphatic hydroxyl groups is 2. The van der Waals surface area contributed by atoms with Gasteiger partial charge in [0, 0.05) is 23.1 Å². The Morgan fingerprint density at radius 3 is 2.81 bits per heavy atom. The summed E-state index contributed by atoms with van der Waals surface area (Å²) in [6, 6.07) is 4.49. The second kappa shape index (κ2) is 8.34. The van der Waals surface area contributed by atoms with E-state index in [4.69, 9.17) is 16.3 Å². The van der Waals surface area contributed by atoms with E-state index in [9.17, 15) is 24.6 Å². The van der Waals surface area contributed by atoms with Crippen LogP contribution >= 0.6 is 11.6 Å². The number of aliphatic hydroxyl groups excluding tert-OH is 1. The first-order valence-electron chi connectivity index (χ1n) is 12.1. The lowest BCUT2D eigenvalue weighted by Gasteiger charge is -2.31. The quantitative estimate of drug-likeness (QED) is 0.339. The molecule has 192 valence electrons. The van der Waals surface area contributed by atoms with Crippen molar-refractivity contribution in [2.24, 2.45) is 5.92 Å². The van der Waals surface area contributed by atoms with E-state index in [0.717, 1.165) is 12.8 Å². The van der Waals surface area contributed by atoms with Crippen LogP contribution in [0.4, 0.5) is 4.39 Å². The lowest BCUT2D eigenvalue weighted by atomic mass is 9.86. The molecule has 6 rings (SSSR count). The standard InChI is InChI=1S/C26H23ClFN3O6/c1-2-26(36)15-7-18-21-13(9-31(18)24(34)14(15)10-37-25(26)35)12(8-29-23(33)22(32)11-3-4-11)19-17(30-21)6-5-16(27)20(19)28/h5-7,11,22,32,36H,2-4,8-10H2,1H3,(H,29,33)/t22-,26+/m1/s1. The minimum atomic E-state index is -1.97. The molecule has 0 radical (unpaired) electrons. The van der Waals surface area contributed by atoms with Crippen LogP contribution in [0.2, 0.25) is 5.02 Å². The fraction of sp³-hybridized carbons (Fsp3) is 0.385. The van der Waals surface area contributed by atoms with E-state index < -0.39 is 35.0 Å². The summed E-state index contributed by atoms with van der Waals surface area (Å²) in [5, 5.41) is 24.0. The molecule has 2 atom stereocenters. The van der Waals surface area contributed by atoms with Gasteiger partial charge in [-0.15, -0.1) is 0 Å². The summed E-state index contributed by atoms with van der Waals surface area (Å²) in [4.78, 5) is 43.1. The summed E-state index contributed by atoms with van der Waals surface area (Å²) in [6.45, 7) is 1.25. The molecule has 1 fully saturated rings. The smallest absolute Gasteiger partial charge is 0.343 e. The van der Waals surface area contributed by atoms with Crippen LogP contribution in [0, 0.1) is 11.7 Å². The van der Waals surface area contributed by atoms with Crippen LogP contribution < -0.4 is 10.9 Å². The summed E-state index contributed by atoms with van der Waals surface area (Å²) in [5.74, 6) is -2.17. The number of aromatic nitrogens is 2. The fourth-order valence-electron chi connectivity index (χ4n) is 5.30. The van der Waals surface area contributed by atoms with Crippen molar-refractivity contribution in [1.29, 1.82) is 0 Å². The summed E-state index contributed by atoms with van der Waals surface area (Å²) < 4.78 is 21.8. The summed E-state index contributed by atoms with van der Waals surface area (Å²) in [6.07, 6.45) is 0.395. The second-order valence-corrected chi connectivity index (χ2v) is 10.2. The molecule has 3 aromatic rings. The molecule has 2 aromatic heterocycles. The molecule has 1 aliphatic carbocycles. The zero-order valence-electron chi connectivity index (χ0n) is 19.8. The third kappa shape index (κ3) is 3.50. The van der Waals surface area contributed by atoms with E-state index >= 15 is 4.39 Å². The molecule has 0 unspecified atom stereocenters. The van der Waals surface area contributed by atoms with Gasteiger partial charge in [0.05, 0.1) is 34.0 Å². The highest BCUT2D eigenvalue weighted by Crippen LogP contribution is 2.41. The molecule has 9 nitrogen and oxygen atoms in total. The van der Waals surface area contributed by atoms with Gasteiger partial charge < -0.3 is 24.8 Å². The second-order valence-electron chi connectivity index (χ2n) is 9.78. The van der Waals surface area contributed by atoms with E-state index in [0.29, 0.717) is 22.5 Å². The number of halogens is 2. The molecule has 4 heterocycles. The van der Waals surface area contributed by atoms with Crippen molar-refractivity contribution in [1.82, 2.24) is 14.9 Å². The molecule has 1 aromatic carbocycles. The lowest BCUT2D eigenvalue weighted by Crippen LogP contribution is -2.44. The minimum absolute atomic E-state index is 0.00401. The number of hydrogen-bond acceptors (Lipinski definition) is 7. The average Bonchev–Trinajstić information content (AvgIpc) is 3.67. The van der Waals surface area contributed by atoms with Crippen molar-refractivity contribution in [2.45, 2.75) is 57.6 Å². The molecule has 0 bridgehead atoms. The van der Waals surface area contributed by atoms with Crippen LogP contribution in [0.5, 0.6) is 0 Å². The van der Waals surface area contributed by atoms with Gasteiger partial charge in [-0.2, -0.15) is 0 Å². The SMILES string of the molecule is CC[C@@]1(O)C(=O)OCc2c1cc1n(c2=O)Cc2c-1nc1ccc(Cl)c(F)c1c2CNC(=O)[C@H](O)C1CC1. The van der Waals surface area contributed by atoms with Gasteiger partial charge in [0.1, 0.15) is 12.7 Å². The Balaban J connectivity index is 1.54. The third-order valence-corrected chi connectivity index (χ3v) is 7.93. The Labute approximate surface area is 214 Å². The average molecular weight is 528 g/mol. The maximum atomic E-state index is 15.3. The monoisotopic (exact) mass is 527 g/mol. The van der Waals surface area contributed by atoms with Gasteiger partial charge in [-0.25, -0.2) is 14.2 Å². The maximum Gasteiger partial charge on any atom is 0.343 e. The van der Waals surface area contributed by atoms with Gasteiger partial charge in [0.2, 0.25) is 5.91 Å². The number of ether oxygens (including phenoxy) is 1. The first-order chi connectivity index (χ1) is 17.7. The Morgan fingerprint density at radius 1 is 1.35 bits per heavy atom. The normalized spacial score (nSPS) is 20.7. The Bertz CT molecular complexity index is 1580. The van der Waals surface area contributed by atoms with Gasteiger partial charge in [-0.3, -0.25) is 9.59 Å². The largest absolute Gasteiger partial charge is 0.458 e. The number of hydrogen-bond donors (Lipinski definition) is 3. The number of amides is 1. The Hall–Kier alpha value is -3.34. The number of nitrogens with one attached hydrogen (secondary N) is 1. The van der Waals surface area contributed by atoms with Gasteiger partial charge in [-0.1, -0.05) is 18.5 Å². The molecule has 3 aliphatic rings. The topological polar surface area (TPSA) is 131 Å². The van der Waals surface area contributed by atoms with Crippen LogP contribution in [-0.4, -0.2) is 37.7 Å². The van der Waals surface area contributed by atoms with Gasteiger partial charge >= 0.3 is 5.97 Å². The summed E-state index contributed by atoms with van der Waals surface area (Å²) in [7, 11) is 0. The predicted octanol–water partition coefficient (Wildman–Crippen LogP) is 2.26. The molecule has 1 amide bonds. The predicted molar refractivity (Wildman–Crippen MR) is 130 cm³/mol. The van der Waals surface area contributed by atoms with Crippen LogP contribution in [0.3, 0.4) is 0 Å². The number of cyclic esters (lactones) is 1. The van der Waals surface area contributed by atoms with Crippen molar-refractivity contribution in [3.63, 3.8) is 0 Å². The minimum Gasteiger partial charge on any atom is -0.458 e. The number of carbonyl (C=O) groups is 2. The van der Waals surface area contributed by atoms with Crippen molar-refractivity contribution in [2.75, 3.05) is 0 Å². The molecule has 3 N–H and O–H groups in total. The van der Waals surface area contributed by atoms with Crippen LogP contribution in [0.25, 0.3) is 22.3 Å². The molecular weight excluding hydrogens is 505 g/mol. The van der Waals surface area contributed by atoms with Gasteiger partial charge in [0.15, 0.2) is 11.4 Å². The highest BCUT2D eigenvalue weighted by molar-refractivity contribution is 6.31. The van der Waals surface area contributed by atoms with Crippen molar-refractivity contribution in [3.05, 3.63) is 61.6 Å². The number of esters is 1. The van der Waals surface area contributed by atoms with Crippen molar-refractivity contribution < 1.29 is 28.9 Å². The Kier molecular flexibility index (Phi) is 5.41. The van der Waals surface area contributed by atoms with Crippen molar-refractivity contribution >= 4 is 34.4 Å². The fourth-order valence-corrected chi connectivity index (χ4v) is 5.45. The van der Waals surface area contributed by atoms with E-state index in [1.54, 1.807) is 19.1 Å². The van der Waals surface area contributed by atoms with E-state index in [2.05, 4.69) is 10.3 Å². The van der Waals surface area contributed by atoms with Crippen LogP contribution in [0.15, 0.2) is 23.0 Å². The highest BCUT2D eigenvalue weighted by Gasteiger charge is 2.45. The number of fused-ring (bicyclic) bond motifs is 5. The van der Waals surface area contributed by atoms with Crippen molar-refractivity contribution in [3.8, 4) is 11.4 Å². The molecule has 0 saturated heterocycles. The molecule has 2 aliphatic heterocycles. The first kappa shape index (κ1) is 24.0. The number of carbonyl (C=O) groups excluding carboxylic acids is 2. The van der Waals surface area contributed by atoms with Crippen LogP contribution in [-0.2, 0) is 39.6 Å². The van der Waals surface area contributed by atoms with E-state index in [1.807, 2.05) is 0 Å².